The molecule has 5 heteroatoms. The summed E-state index contributed by atoms with van der Waals surface area (Å²) in [5.41, 5.74) is 1.70. The minimum absolute atomic E-state index is 0.124. The zero-order chi connectivity index (χ0) is 10.8. The molecule has 1 N–H and O–H groups in total. The Morgan fingerprint density at radius 3 is 3.00 bits per heavy atom. The number of nitrogens with zero attached hydrogens (tertiary/aromatic N) is 2. The van der Waals surface area contributed by atoms with E-state index >= 15 is 0 Å². The molecule has 0 fully saturated rings. The first-order chi connectivity index (χ1) is 7.15. The Hall–Kier alpha value is -2.04. The van der Waals surface area contributed by atoms with E-state index in [1.807, 2.05) is 30.1 Å². The van der Waals surface area contributed by atoms with Crippen molar-refractivity contribution in [2.45, 2.75) is 6.42 Å². The van der Waals surface area contributed by atoms with Gasteiger partial charge in [0.25, 0.3) is 0 Å². The molecular weight excluding hydrogens is 196 g/mol. The number of aryl methyl sites for hydroxylation is 1. The second kappa shape index (κ2) is 3.61. The van der Waals surface area contributed by atoms with Crippen LogP contribution in [0.4, 0.5) is 0 Å². The second-order valence-corrected chi connectivity index (χ2v) is 3.35. The van der Waals surface area contributed by atoms with Crippen molar-refractivity contribution in [2.24, 2.45) is 7.05 Å². The Morgan fingerprint density at radius 2 is 2.47 bits per heavy atom. The topological polar surface area (TPSA) is 68.3 Å². The minimum Gasteiger partial charge on any atom is -0.475 e. The van der Waals surface area contributed by atoms with Crippen LogP contribution in [0.15, 0.2) is 29.0 Å². The van der Waals surface area contributed by atoms with Crippen LogP contribution in [0.2, 0.25) is 0 Å². The third-order valence-electron chi connectivity index (χ3n) is 2.05. The highest BCUT2D eigenvalue weighted by atomic mass is 16.5. The Labute approximate surface area is 85.9 Å². The van der Waals surface area contributed by atoms with E-state index in [-0.39, 0.29) is 5.76 Å². The molecule has 0 aliphatic rings. The summed E-state index contributed by atoms with van der Waals surface area (Å²) in [4.78, 5) is 10.5. The maximum absolute atomic E-state index is 10.5. The molecule has 0 saturated heterocycles. The predicted molar refractivity (Wildman–Crippen MR) is 51.7 cm³/mol. The molecule has 0 aliphatic heterocycles. The fourth-order valence-electron chi connectivity index (χ4n) is 1.37. The third-order valence-corrected chi connectivity index (χ3v) is 2.05. The van der Waals surface area contributed by atoms with Crippen LogP contribution in [0.5, 0.6) is 0 Å². The molecule has 5 nitrogen and oxygen atoms in total. The van der Waals surface area contributed by atoms with E-state index in [1.165, 1.54) is 6.07 Å². The molecule has 0 radical (unpaired) electrons. The summed E-state index contributed by atoms with van der Waals surface area (Å²) >= 11 is 0. The summed E-state index contributed by atoms with van der Waals surface area (Å²) in [5, 5.41) is 12.3. The van der Waals surface area contributed by atoms with E-state index in [0.717, 1.165) is 5.56 Å². The number of carboxylic acids is 1. The first-order valence-corrected chi connectivity index (χ1v) is 4.45. The zero-order valence-electron chi connectivity index (χ0n) is 8.17. The van der Waals surface area contributed by atoms with Gasteiger partial charge >= 0.3 is 5.97 Å². The number of rotatable bonds is 3. The molecule has 0 amide bonds. The van der Waals surface area contributed by atoms with E-state index in [9.17, 15) is 4.79 Å². The SMILES string of the molecule is Cn1ccc(Cc2cc(C(=O)O)on2)c1. The van der Waals surface area contributed by atoms with Crippen LogP contribution in [0.25, 0.3) is 0 Å². The Bertz CT molecular complexity index is 484. The molecule has 0 spiro atoms. The van der Waals surface area contributed by atoms with Gasteiger partial charge in [-0.25, -0.2) is 4.79 Å². The summed E-state index contributed by atoms with van der Waals surface area (Å²) in [6.07, 6.45) is 4.46. The van der Waals surface area contributed by atoms with Gasteiger partial charge in [-0.1, -0.05) is 5.16 Å². The highest BCUT2D eigenvalue weighted by Gasteiger charge is 2.11. The quantitative estimate of drug-likeness (QED) is 0.821. The van der Waals surface area contributed by atoms with Crippen LogP contribution in [-0.2, 0) is 13.5 Å². The number of aromatic carboxylic acids is 1. The zero-order valence-corrected chi connectivity index (χ0v) is 8.17. The first-order valence-electron chi connectivity index (χ1n) is 4.45. The van der Waals surface area contributed by atoms with Gasteiger partial charge in [0, 0.05) is 31.9 Å². The van der Waals surface area contributed by atoms with E-state index in [2.05, 4.69) is 9.68 Å². The van der Waals surface area contributed by atoms with Gasteiger partial charge in [-0.2, -0.15) is 0 Å². The lowest BCUT2D eigenvalue weighted by Crippen LogP contribution is -1.92. The highest BCUT2D eigenvalue weighted by Crippen LogP contribution is 2.10. The van der Waals surface area contributed by atoms with E-state index < -0.39 is 5.97 Å². The van der Waals surface area contributed by atoms with Gasteiger partial charge in [-0.05, 0) is 11.6 Å². The van der Waals surface area contributed by atoms with E-state index in [0.29, 0.717) is 12.1 Å². The van der Waals surface area contributed by atoms with E-state index in [4.69, 9.17) is 5.11 Å². The second-order valence-electron chi connectivity index (χ2n) is 3.35. The smallest absolute Gasteiger partial charge is 0.374 e. The van der Waals surface area contributed by atoms with Gasteiger partial charge in [0.1, 0.15) is 0 Å². The largest absolute Gasteiger partial charge is 0.475 e. The van der Waals surface area contributed by atoms with Crippen molar-refractivity contribution in [3.63, 3.8) is 0 Å². The summed E-state index contributed by atoms with van der Waals surface area (Å²) in [6.45, 7) is 0. The molecule has 2 heterocycles. The Morgan fingerprint density at radius 1 is 1.67 bits per heavy atom. The van der Waals surface area contributed by atoms with Gasteiger partial charge in [-0.3, -0.25) is 0 Å². The molecular formula is C10H10N2O3. The van der Waals surface area contributed by atoms with Crippen LogP contribution < -0.4 is 0 Å². The minimum atomic E-state index is -1.10. The van der Waals surface area contributed by atoms with Gasteiger partial charge in [0.05, 0.1) is 5.69 Å². The van der Waals surface area contributed by atoms with Crippen molar-refractivity contribution >= 4 is 5.97 Å². The van der Waals surface area contributed by atoms with Gasteiger partial charge < -0.3 is 14.2 Å². The summed E-state index contributed by atoms with van der Waals surface area (Å²) < 4.78 is 6.57. The lowest BCUT2D eigenvalue weighted by Gasteiger charge is -1.89. The lowest BCUT2D eigenvalue weighted by molar-refractivity contribution is 0.0652. The molecule has 0 saturated carbocycles. The molecule has 0 unspecified atom stereocenters. The number of carboxylic acid groups (broad SMARTS) is 1. The molecule has 0 atom stereocenters. The normalized spacial score (nSPS) is 10.5. The van der Waals surface area contributed by atoms with Crippen molar-refractivity contribution in [3.05, 3.63) is 41.5 Å². The van der Waals surface area contributed by atoms with Crippen molar-refractivity contribution in [1.29, 1.82) is 0 Å². The van der Waals surface area contributed by atoms with Crippen LogP contribution in [0, 0.1) is 0 Å². The van der Waals surface area contributed by atoms with Crippen molar-refractivity contribution in [1.82, 2.24) is 9.72 Å². The van der Waals surface area contributed by atoms with Crippen molar-refractivity contribution in [3.8, 4) is 0 Å². The number of carbonyl (C=O) groups is 1. The summed E-state index contributed by atoms with van der Waals surface area (Å²) in [6, 6.07) is 3.39. The first kappa shape index (κ1) is 9.51. The van der Waals surface area contributed by atoms with Crippen LogP contribution in [0.3, 0.4) is 0 Å². The fourth-order valence-corrected chi connectivity index (χ4v) is 1.37. The van der Waals surface area contributed by atoms with Crippen molar-refractivity contribution in [2.75, 3.05) is 0 Å². The lowest BCUT2D eigenvalue weighted by atomic mass is 10.2. The third kappa shape index (κ3) is 2.07. The number of hydrogen-bond acceptors (Lipinski definition) is 3. The van der Waals surface area contributed by atoms with Crippen LogP contribution in [-0.4, -0.2) is 20.8 Å². The maximum atomic E-state index is 10.5. The maximum Gasteiger partial charge on any atom is 0.374 e. The molecule has 78 valence electrons. The molecule has 0 bridgehead atoms. The molecule has 0 aromatic carbocycles. The van der Waals surface area contributed by atoms with Crippen LogP contribution >= 0.6 is 0 Å². The van der Waals surface area contributed by atoms with Gasteiger partial charge in [-0.15, -0.1) is 0 Å². The van der Waals surface area contributed by atoms with Gasteiger partial charge in [0.15, 0.2) is 0 Å². The molecule has 15 heavy (non-hydrogen) atoms. The summed E-state index contributed by atoms with van der Waals surface area (Å²) in [7, 11) is 1.93. The average Bonchev–Trinajstić information content (AvgIpc) is 2.76. The fraction of sp³-hybridized carbons (Fsp3) is 0.200. The molecule has 2 aromatic rings. The molecule has 2 aromatic heterocycles. The highest BCUT2D eigenvalue weighted by molar-refractivity contribution is 5.84. The summed E-state index contributed by atoms with van der Waals surface area (Å²) in [5.74, 6) is -1.22. The van der Waals surface area contributed by atoms with Crippen LogP contribution in [0.1, 0.15) is 21.8 Å². The monoisotopic (exact) mass is 206 g/mol. The predicted octanol–water partition coefficient (Wildman–Crippen LogP) is 1.30. The number of aromatic nitrogens is 2. The van der Waals surface area contributed by atoms with Gasteiger partial charge in [0.2, 0.25) is 5.76 Å². The average molecular weight is 206 g/mol. The van der Waals surface area contributed by atoms with Crippen molar-refractivity contribution < 1.29 is 14.4 Å². The molecule has 0 aliphatic carbocycles. The molecule has 2 rings (SSSR count). The van der Waals surface area contributed by atoms with E-state index in [1.54, 1.807) is 0 Å². The Kier molecular flexibility index (Phi) is 2.29. The Balaban J connectivity index is 2.14. The standard InChI is InChI=1S/C10H10N2O3/c1-12-3-2-7(6-12)4-8-5-9(10(13)14)15-11-8/h2-3,5-6H,4H2,1H3,(H,13,14). The number of hydrogen-bond donors (Lipinski definition) is 1.